The first-order chi connectivity index (χ1) is 23.5. The zero-order valence-electron chi connectivity index (χ0n) is 26.2. The van der Waals surface area contributed by atoms with Crippen LogP contribution in [0.3, 0.4) is 0 Å². The lowest BCUT2D eigenvalue weighted by Gasteiger charge is -2.21. The topological polar surface area (TPSA) is 118 Å². The lowest BCUT2D eigenvalue weighted by atomic mass is 10.0. The molecule has 2 heterocycles. The summed E-state index contributed by atoms with van der Waals surface area (Å²) in [6, 6.07) is 27.2. The number of nitrogens with zero attached hydrogens (tertiary/aromatic N) is 3. The van der Waals surface area contributed by atoms with Gasteiger partial charge in [0.25, 0.3) is 5.91 Å². The number of carbonyl (C=O) groups is 1. The average Bonchev–Trinajstić information content (AvgIpc) is 3.63. The lowest BCUT2D eigenvalue weighted by molar-refractivity contribution is -0.117. The van der Waals surface area contributed by atoms with Crippen LogP contribution < -0.4 is 9.03 Å². The molecule has 0 unspecified atom stereocenters. The monoisotopic (exact) mass is 734 g/mol. The van der Waals surface area contributed by atoms with Gasteiger partial charge < -0.3 is 4.57 Å². The Hall–Kier alpha value is -4.16. The second-order valence-electron chi connectivity index (χ2n) is 12.3. The third kappa shape index (κ3) is 6.85. The van der Waals surface area contributed by atoms with Crippen molar-refractivity contribution in [3.63, 3.8) is 0 Å². The van der Waals surface area contributed by atoms with Crippen molar-refractivity contribution in [1.82, 2.24) is 14.3 Å². The van der Waals surface area contributed by atoms with E-state index >= 15 is 0 Å². The fourth-order valence-electron chi connectivity index (χ4n) is 6.47. The number of imidazole rings is 1. The van der Waals surface area contributed by atoms with E-state index in [0.29, 0.717) is 49.8 Å². The molecule has 0 spiro atoms. The van der Waals surface area contributed by atoms with Crippen LogP contribution in [-0.2, 0) is 31.3 Å². The van der Waals surface area contributed by atoms with Crippen molar-refractivity contribution in [3.05, 3.63) is 119 Å². The number of anilines is 1. The van der Waals surface area contributed by atoms with Crippen molar-refractivity contribution in [2.75, 3.05) is 10.8 Å². The molecule has 0 atom stereocenters. The molecular formula is C36H32Cl2N4O5S2. The second-order valence-corrected chi connectivity index (χ2v) is 17.0. The summed E-state index contributed by atoms with van der Waals surface area (Å²) < 4.78 is 56.4. The highest BCUT2D eigenvalue weighted by Crippen LogP contribution is 2.33. The Morgan fingerprint density at radius 1 is 0.837 bits per heavy atom. The molecule has 1 saturated carbocycles. The number of hydrogen-bond donors (Lipinski definition) is 1. The van der Waals surface area contributed by atoms with Crippen LogP contribution in [0.1, 0.15) is 43.5 Å². The van der Waals surface area contributed by atoms with E-state index in [1.165, 1.54) is 0 Å². The van der Waals surface area contributed by atoms with Crippen LogP contribution in [0.4, 0.5) is 5.69 Å². The lowest BCUT2D eigenvalue weighted by Crippen LogP contribution is -2.29. The van der Waals surface area contributed by atoms with Gasteiger partial charge in [0.05, 0.1) is 26.5 Å². The maximum atomic E-state index is 13.2. The molecular weight excluding hydrogens is 703 g/mol. The first-order valence-corrected chi connectivity index (χ1v) is 19.6. The first-order valence-electron chi connectivity index (χ1n) is 15.9. The zero-order chi connectivity index (χ0) is 34.3. The fraction of sp³-hybridized carbons (Fsp3) is 0.222. The molecule has 4 aromatic carbocycles. The van der Waals surface area contributed by atoms with E-state index in [0.717, 1.165) is 53.1 Å². The zero-order valence-corrected chi connectivity index (χ0v) is 29.4. The normalized spacial score (nSPS) is 16.5. The molecule has 1 N–H and O–H groups in total. The average molecular weight is 736 g/mol. The summed E-state index contributed by atoms with van der Waals surface area (Å²) in [6.45, 7) is -0.306. The van der Waals surface area contributed by atoms with E-state index < -0.39 is 26.0 Å². The van der Waals surface area contributed by atoms with Gasteiger partial charge in [-0.1, -0.05) is 84.9 Å². The number of hydrogen-bond acceptors (Lipinski definition) is 6. The first kappa shape index (κ1) is 33.3. The number of sulfone groups is 1. The number of amides is 1. The van der Waals surface area contributed by atoms with Crippen LogP contribution in [-0.4, -0.2) is 44.1 Å². The highest BCUT2D eigenvalue weighted by molar-refractivity contribution is 7.92. The van der Waals surface area contributed by atoms with Gasteiger partial charge in [-0.25, -0.2) is 22.4 Å². The molecule has 1 saturated heterocycles. The highest BCUT2D eigenvalue weighted by Gasteiger charge is 2.34. The van der Waals surface area contributed by atoms with E-state index in [-0.39, 0.29) is 11.8 Å². The van der Waals surface area contributed by atoms with Gasteiger partial charge in [-0.2, -0.15) is 8.42 Å². The largest absolute Gasteiger partial charge is 0.326 e. The third-order valence-electron chi connectivity index (χ3n) is 9.03. The van der Waals surface area contributed by atoms with Crippen molar-refractivity contribution in [2.24, 2.45) is 0 Å². The van der Waals surface area contributed by atoms with Gasteiger partial charge in [0.2, 0.25) is 0 Å². The molecule has 2 aliphatic rings. The van der Waals surface area contributed by atoms with Gasteiger partial charge in [0.1, 0.15) is 12.4 Å². The predicted octanol–water partition coefficient (Wildman–Crippen LogP) is 7.39. The number of aromatic nitrogens is 2. The van der Waals surface area contributed by atoms with Gasteiger partial charge in [0.15, 0.2) is 9.84 Å². The van der Waals surface area contributed by atoms with Crippen LogP contribution in [0.25, 0.3) is 28.1 Å². The van der Waals surface area contributed by atoms with Crippen LogP contribution in [0.5, 0.6) is 0 Å². The number of nitrogens with one attached hydrogen (secondary N) is 1. The van der Waals surface area contributed by atoms with Crippen LogP contribution in [0, 0.1) is 0 Å². The molecule has 7 rings (SSSR count). The van der Waals surface area contributed by atoms with Gasteiger partial charge in [-0.3, -0.25) is 4.79 Å². The Morgan fingerprint density at radius 3 is 2.16 bits per heavy atom. The minimum absolute atomic E-state index is 0.299. The van der Waals surface area contributed by atoms with Gasteiger partial charge in [0, 0.05) is 28.9 Å². The van der Waals surface area contributed by atoms with Crippen LogP contribution in [0.15, 0.2) is 102 Å². The Labute approximate surface area is 295 Å². The molecule has 252 valence electrons. The molecule has 1 amide bonds. The van der Waals surface area contributed by atoms with Crippen LogP contribution >= 0.6 is 23.2 Å². The summed E-state index contributed by atoms with van der Waals surface area (Å²) in [7, 11) is -7.33. The minimum Gasteiger partial charge on any atom is -0.303 e. The second kappa shape index (κ2) is 13.3. The Kier molecular flexibility index (Phi) is 9.04. The highest BCUT2D eigenvalue weighted by atomic mass is 35.5. The van der Waals surface area contributed by atoms with E-state index in [4.69, 9.17) is 28.2 Å². The van der Waals surface area contributed by atoms with Crippen molar-refractivity contribution < 1.29 is 21.6 Å². The molecule has 0 radical (unpaired) electrons. The quantitative estimate of drug-likeness (QED) is 0.178. The summed E-state index contributed by atoms with van der Waals surface area (Å²) in [4.78, 5) is 17.2. The SMILES string of the molecule is O=C1CN(c2cccc(-n3cc(-c4ccc(Cl)cc4Cl)nc3Cc3ccc(-c4ccc(S(=O)(=O)C5CCCCC5)cc4)cc3)c2)S(=O)(=O)N1. The van der Waals surface area contributed by atoms with Gasteiger partial charge in [-0.15, -0.1) is 0 Å². The van der Waals surface area contributed by atoms with E-state index in [1.54, 1.807) is 48.5 Å². The molecule has 1 aromatic heterocycles. The van der Waals surface area contributed by atoms with E-state index in [9.17, 15) is 21.6 Å². The Bertz CT molecular complexity index is 2270. The fourth-order valence-corrected chi connectivity index (χ4v) is 9.97. The molecule has 49 heavy (non-hydrogen) atoms. The van der Waals surface area contributed by atoms with Crippen molar-refractivity contribution >= 4 is 54.8 Å². The third-order valence-corrected chi connectivity index (χ3v) is 13.3. The minimum atomic E-state index is -3.99. The summed E-state index contributed by atoms with van der Waals surface area (Å²) in [5.74, 6) is 0.0685. The molecule has 0 bridgehead atoms. The number of carbonyl (C=O) groups excluding carboxylic acids is 1. The molecule has 1 aliphatic heterocycles. The van der Waals surface area contributed by atoms with Gasteiger partial charge in [-0.05, 0) is 78.1 Å². The maximum absolute atomic E-state index is 13.2. The van der Waals surface area contributed by atoms with E-state index in [2.05, 4.69) is 0 Å². The summed E-state index contributed by atoms with van der Waals surface area (Å²) in [5, 5.41) is 0.635. The smallest absolute Gasteiger partial charge is 0.303 e. The maximum Gasteiger partial charge on any atom is 0.326 e. The number of rotatable bonds is 8. The Morgan fingerprint density at radius 2 is 1.51 bits per heavy atom. The summed E-state index contributed by atoms with van der Waals surface area (Å²) in [5.41, 5.74) is 5.10. The molecule has 1 aliphatic carbocycles. The molecule has 5 aromatic rings. The molecule has 13 heteroatoms. The summed E-state index contributed by atoms with van der Waals surface area (Å²) >= 11 is 12.7. The standard InChI is InChI=1S/C36H32Cl2N4O5S2/c37-27-15-18-32(33(38)20-27)34-22-41(28-5-4-6-29(21-28)42-23-36(43)40-49(42,46)47)35(39-34)19-24-9-11-25(12-10-24)26-13-16-31(17-14-26)48(44,45)30-7-2-1-3-8-30/h4-6,9-18,20-22,30H,1-3,7-8,19,23H2,(H,40,43). The Balaban J connectivity index is 1.18. The van der Waals surface area contributed by atoms with Gasteiger partial charge >= 0.3 is 10.2 Å². The van der Waals surface area contributed by atoms with Crippen molar-refractivity contribution in [3.8, 4) is 28.1 Å². The predicted molar refractivity (Wildman–Crippen MR) is 192 cm³/mol. The van der Waals surface area contributed by atoms with Crippen molar-refractivity contribution in [2.45, 2.75) is 48.7 Å². The molecule has 2 fully saturated rings. The van der Waals surface area contributed by atoms with E-state index in [1.807, 2.05) is 58.0 Å². The number of benzene rings is 4. The summed E-state index contributed by atoms with van der Waals surface area (Å²) in [6.07, 6.45) is 6.73. The molecule has 9 nitrogen and oxygen atoms in total. The number of halogens is 2. The van der Waals surface area contributed by atoms with Crippen molar-refractivity contribution in [1.29, 1.82) is 0 Å². The van der Waals surface area contributed by atoms with Crippen LogP contribution in [0.2, 0.25) is 10.0 Å².